The fourth-order valence-corrected chi connectivity index (χ4v) is 6.04. The first kappa shape index (κ1) is 27.1. The maximum Gasteiger partial charge on any atom is 0.387 e. The van der Waals surface area contributed by atoms with Gasteiger partial charge in [-0.1, -0.05) is 32.0 Å². The number of fused-ring (bicyclic) bond motifs is 1. The van der Waals surface area contributed by atoms with Gasteiger partial charge in [0.15, 0.2) is 15.0 Å². The summed E-state index contributed by atoms with van der Waals surface area (Å²) in [6.45, 7) is 1.80. The van der Waals surface area contributed by atoms with E-state index < -0.39 is 22.3 Å². The van der Waals surface area contributed by atoms with E-state index in [1.807, 2.05) is 13.8 Å². The van der Waals surface area contributed by atoms with Crippen LogP contribution in [-0.4, -0.2) is 37.1 Å². The number of amides is 1. The lowest BCUT2D eigenvalue weighted by Crippen LogP contribution is -2.26. The van der Waals surface area contributed by atoms with Crippen molar-refractivity contribution in [1.29, 1.82) is 0 Å². The van der Waals surface area contributed by atoms with Crippen molar-refractivity contribution < 1.29 is 31.1 Å². The molecule has 1 amide bonds. The predicted molar refractivity (Wildman–Crippen MR) is 134 cm³/mol. The van der Waals surface area contributed by atoms with Crippen molar-refractivity contribution in [3.63, 3.8) is 0 Å². The number of hydrogen-bond donors (Lipinski definition) is 1. The highest BCUT2D eigenvalue weighted by Gasteiger charge is 2.36. The molecule has 198 valence electrons. The molecule has 0 radical (unpaired) electrons. The van der Waals surface area contributed by atoms with Crippen LogP contribution < -0.4 is 10.1 Å². The number of benzene rings is 2. The van der Waals surface area contributed by atoms with Crippen LogP contribution in [0.4, 0.5) is 18.3 Å². The summed E-state index contributed by atoms with van der Waals surface area (Å²) in [6, 6.07) is 9.76. The van der Waals surface area contributed by atoms with E-state index in [2.05, 4.69) is 19.9 Å². The molecule has 0 fully saturated rings. The van der Waals surface area contributed by atoms with Crippen molar-refractivity contribution in [1.82, 2.24) is 9.88 Å². The van der Waals surface area contributed by atoms with Crippen molar-refractivity contribution in [3.05, 3.63) is 70.0 Å². The predicted octanol–water partition coefficient (Wildman–Crippen LogP) is 5.18. The Hall–Kier alpha value is -2.96. The van der Waals surface area contributed by atoms with Gasteiger partial charge in [-0.3, -0.25) is 9.69 Å². The van der Waals surface area contributed by atoms with E-state index in [-0.39, 0.29) is 41.5 Å². The number of carbonyl (C=O) groups excluding carboxylic acids is 1. The summed E-state index contributed by atoms with van der Waals surface area (Å²) in [7, 11) is -3.31. The highest BCUT2D eigenvalue weighted by molar-refractivity contribution is 7.90. The van der Waals surface area contributed by atoms with E-state index in [0.717, 1.165) is 22.9 Å². The van der Waals surface area contributed by atoms with Crippen LogP contribution in [-0.2, 0) is 34.1 Å². The van der Waals surface area contributed by atoms with Crippen LogP contribution in [0, 0.1) is 11.7 Å². The Bertz CT molecular complexity index is 1390. The lowest BCUT2D eigenvalue weighted by molar-refractivity contribution is -0.115. The molecule has 4 rings (SSSR count). The molecule has 1 aliphatic rings. The Morgan fingerprint density at radius 2 is 1.92 bits per heavy atom. The van der Waals surface area contributed by atoms with Crippen molar-refractivity contribution >= 4 is 32.2 Å². The molecule has 1 N–H and O–H groups in total. The summed E-state index contributed by atoms with van der Waals surface area (Å²) in [5.41, 5.74) is 1.86. The van der Waals surface area contributed by atoms with Crippen LogP contribution in [0.1, 0.15) is 41.6 Å². The fourth-order valence-electron chi connectivity index (χ4n) is 4.36. The standard InChI is InChI=1S/C25H26F3N3O4S2/c1-14(2)23-22-20(13-31(23)12-16-6-7-17(11-19(16)26)35-24(27)28)36-25(30-22)29-21(32)10-15-4-8-18(9-5-15)37(3,33)34/h4-9,11,14,23-24H,10,12-13H2,1-3H3,(H,29,30,32)/t23-/m1/s1. The molecule has 1 atom stereocenters. The number of nitrogens with zero attached hydrogens (tertiary/aromatic N) is 2. The third kappa shape index (κ3) is 6.49. The molecule has 0 aliphatic carbocycles. The summed E-state index contributed by atoms with van der Waals surface area (Å²) >= 11 is 1.35. The number of anilines is 1. The lowest BCUT2D eigenvalue weighted by atomic mass is 10.0. The Morgan fingerprint density at radius 1 is 1.22 bits per heavy atom. The van der Waals surface area contributed by atoms with Crippen molar-refractivity contribution in [2.75, 3.05) is 11.6 Å². The fraction of sp³-hybridized carbons (Fsp3) is 0.360. The van der Waals surface area contributed by atoms with Crippen molar-refractivity contribution in [2.24, 2.45) is 5.92 Å². The van der Waals surface area contributed by atoms with Gasteiger partial charge in [-0.15, -0.1) is 11.3 Å². The Labute approximate surface area is 217 Å². The van der Waals surface area contributed by atoms with E-state index in [9.17, 15) is 26.4 Å². The third-order valence-corrected chi connectivity index (χ3v) is 8.06. The first-order chi connectivity index (χ1) is 17.4. The number of alkyl halides is 2. The largest absolute Gasteiger partial charge is 0.435 e. The normalized spacial score (nSPS) is 15.8. The van der Waals surface area contributed by atoms with Gasteiger partial charge >= 0.3 is 6.61 Å². The second kappa shape index (κ2) is 10.8. The van der Waals surface area contributed by atoms with Crippen LogP contribution in [0.5, 0.6) is 5.75 Å². The summed E-state index contributed by atoms with van der Waals surface area (Å²) in [4.78, 5) is 20.4. The monoisotopic (exact) mass is 553 g/mol. The minimum atomic E-state index is -3.31. The van der Waals surface area contributed by atoms with Gasteiger partial charge in [0, 0.05) is 35.9 Å². The number of nitrogens with one attached hydrogen (secondary N) is 1. The lowest BCUT2D eigenvalue weighted by Gasteiger charge is -2.27. The van der Waals surface area contributed by atoms with E-state index in [1.54, 1.807) is 12.1 Å². The molecular weight excluding hydrogens is 527 g/mol. The molecule has 1 aliphatic heterocycles. The SMILES string of the molecule is CC(C)[C@@H]1c2nc(NC(=O)Cc3ccc(S(C)(=O)=O)cc3)sc2CN1Cc1ccc(OC(F)F)cc1F. The first-order valence-corrected chi connectivity index (χ1v) is 14.2. The molecule has 7 nitrogen and oxygen atoms in total. The zero-order chi connectivity index (χ0) is 26.9. The zero-order valence-electron chi connectivity index (χ0n) is 20.4. The molecule has 0 unspecified atom stereocenters. The van der Waals surface area contributed by atoms with Crippen LogP contribution >= 0.6 is 11.3 Å². The van der Waals surface area contributed by atoms with Gasteiger partial charge in [0.25, 0.3) is 0 Å². The molecule has 0 saturated heterocycles. The van der Waals surface area contributed by atoms with Crippen LogP contribution in [0.3, 0.4) is 0 Å². The summed E-state index contributed by atoms with van der Waals surface area (Å²) in [5.74, 6) is -0.984. The topological polar surface area (TPSA) is 88.6 Å². The number of halogens is 3. The van der Waals surface area contributed by atoms with E-state index >= 15 is 0 Å². The molecule has 12 heteroatoms. The number of ether oxygens (including phenoxy) is 1. The van der Waals surface area contributed by atoms with Gasteiger partial charge in [0.1, 0.15) is 11.6 Å². The van der Waals surface area contributed by atoms with Gasteiger partial charge in [0.05, 0.1) is 23.1 Å². The maximum absolute atomic E-state index is 14.6. The van der Waals surface area contributed by atoms with Crippen LogP contribution in [0.2, 0.25) is 0 Å². The maximum atomic E-state index is 14.6. The molecule has 3 aromatic rings. The molecular formula is C25H26F3N3O4S2. The number of sulfone groups is 1. The number of thiazole rings is 1. The molecule has 37 heavy (non-hydrogen) atoms. The molecule has 1 aromatic heterocycles. The second-order valence-corrected chi connectivity index (χ2v) is 12.3. The van der Waals surface area contributed by atoms with Gasteiger partial charge < -0.3 is 10.1 Å². The summed E-state index contributed by atoms with van der Waals surface area (Å²) in [5, 5.41) is 3.28. The molecule has 0 saturated carbocycles. The van der Waals surface area contributed by atoms with E-state index in [1.165, 1.54) is 35.6 Å². The van der Waals surface area contributed by atoms with Crippen LogP contribution in [0.25, 0.3) is 0 Å². The van der Waals surface area contributed by atoms with Crippen LogP contribution in [0.15, 0.2) is 47.4 Å². The van der Waals surface area contributed by atoms with E-state index in [4.69, 9.17) is 0 Å². The minimum Gasteiger partial charge on any atom is -0.435 e. The minimum absolute atomic E-state index is 0.0680. The van der Waals surface area contributed by atoms with Crippen molar-refractivity contribution in [2.45, 2.75) is 50.9 Å². The number of rotatable bonds is 9. The smallest absolute Gasteiger partial charge is 0.387 e. The number of aromatic nitrogens is 1. The highest BCUT2D eigenvalue weighted by atomic mass is 32.2. The Morgan fingerprint density at radius 3 is 2.51 bits per heavy atom. The summed E-state index contributed by atoms with van der Waals surface area (Å²) in [6.07, 6.45) is 1.19. The quantitative estimate of drug-likeness (QED) is 0.393. The molecule has 2 aromatic carbocycles. The third-order valence-electron chi connectivity index (χ3n) is 5.96. The molecule has 2 heterocycles. The van der Waals surface area contributed by atoms with Crippen molar-refractivity contribution in [3.8, 4) is 5.75 Å². The average Bonchev–Trinajstić information content (AvgIpc) is 3.31. The average molecular weight is 554 g/mol. The van der Waals surface area contributed by atoms with E-state index in [0.29, 0.717) is 22.8 Å². The Balaban J connectivity index is 1.42. The molecule has 0 spiro atoms. The highest BCUT2D eigenvalue weighted by Crippen LogP contribution is 2.43. The van der Waals surface area contributed by atoms with Gasteiger partial charge in [-0.25, -0.2) is 17.8 Å². The van der Waals surface area contributed by atoms with Gasteiger partial charge in [-0.2, -0.15) is 8.78 Å². The number of carbonyl (C=O) groups is 1. The van der Waals surface area contributed by atoms with Gasteiger partial charge in [0.2, 0.25) is 5.91 Å². The zero-order valence-corrected chi connectivity index (χ0v) is 22.0. The Kier molecular flexibility index (Phi) is 7.91. The first-order valence-electron chi connectivity index (χ1n) is 11.5. The number of hydrogen-bond acceptors (Lipinski definition) is 7. The van der Waals surface area contributed by atoms with Gasteiger partial charge in [-0.05, 0) is 29.7 Å². The molecule has 0 bridgehead atoms. The second-order valence-electron chi connectivity index (χ2n) is 9.19. The summed E-state index contributed by atoms with van der Waals surface area (Å²) < 4.78 is 66.8.